The Morgan fingerprint density at radius 2 is 2.18 bits per heavy atom. The second-order valence-electron chi connectivity index (χ2n) is 6.00. The normalized spacial score (nSPS) is 24.1. The van der Waals surface area contributed by atoms with E-state index in [0.29, 0.717) is 6.61 Å². The monoisotopic (exact) mass is 308 g/mol. The van der Waals surface area contributed by atoms with E-state index in [0.717, 1.165) is 50.9 Å². The summed E-state index contributed by atoms with van der Waals surface area (Å²) < 4.78 is 19.8. The van der Waals surface area contributed by atoms with Crippen LogP contribution in [0.15, 0.2) is 18.2 Å². The molecule has 3 rings (SSSR count). The number of piperidine rings is 1. The number of carbonyl (C=O) groups is 1. The van der Waals surface area contributed by atoms with Crippen molar-refractivity contribution in [1.29, 1.82) is 0 Å². The average molecular weight is 308 g/mol. The first kappa shape index (κ1) is 15.2. The van der Waals surface area contributed by atoms with Gasteiger partial charge in [0.05, 0.1) is 17.2 Å². The SMILES string of the molecule is O=C(NC1CCCOC12CCNCC2)c1cc(O)ccc1F. The predicted octanol–water partition coefficient (Wildman–Crippen LogP) is 1.56. The number of ether oxygens (including phenoxy) is 1. The second-order valence-corrected chi connectivity index (χ2v) is 6.00. The van der Waals surface area contributed by atoms with Gasteiger partial charge in [0.15, 0.2) is 0 Å². The first-order chi connectivity index (χ1) is 10.6. The molecule has 1 aromatic carbocycles. The summed E-state index contributed by atoms with van der Waals surface area (Å²) in [7, 11) is 0. The lowest BCUT2D eigenvalue weighted by Crippen LogP contribution is -2.60. The number of halogens is 1. The Morgan fingerprint density at radius 3 is 2.95 bits per heavy atom. The molecule has 6 heteroatoms. The van der Waals surface area contributed by atoms with Gasteiger partial charge in [-0.25, -0.2) is 4.39 Å². The Kier molecular flexibility index (Phi) is 4.31. The highest BCUT2D eigenvalue weighted by molar-refractivity contribution is 5.95. The maximum Gasteiger partial charge on any atom is 0.254 e. The third-order valence-electron chi connectivity index (χ3n) is 4.61. The zero-order valence-corrected chi connectivity index (χ0v) is 12.4. The summed E-state index contributed by atoms with van der Waals surface area (Å²) in [5.41, 5.74) is -0.485. The van der Waals surface area contributed by atoms with Gasteiger partial charge in [-0.05, 0) is 57.0 Å². The molecule has 1 aromatic rings. The smallest absolute Gasteiger partial charge is 0.254 e. The minimum atomic E-state index is -0.633. The summed E-state index contributed by atoms with van der Waals surface area (Å²) in [5.74, 6) is -1.25. The Hall–Kier alpha value is -1.66. The fourth-order valence-corrected chi connectivity index (χ4v) is 3.40. The molecule has 2 saturated heterocycles. The summed E-state index contributed by atoms with van der Waals surface area (Å²) in [4.78, 5) is 12.4. The Morgan fingerprint density at radius 1 is 1.41 bits per heavy atom. The second kappa shape index (κ2) is 6.22. The van der Waals surface area contributed by atoms with Gasteiger partial charge >= 0.3 is 0 Å². The molecule has 120 valence electrons. The van der Waals surface area contributed by atoms with Crippen LogP contribution in [0.1, 0.15) is 36.0 Å². The summed E-state index contributed by atoms with van der Waals surface area (Å²) in [6.45, 7) is 2.41. The molecular formula is C16H21FN2O3. The maximum atomic E-state index is 13.8. The highest BCUT2D eigenvalue weighted by atomic mass is 19.1. The number of rotatable bonds is 2. The Balaban J connectivity index is 1.78. The molecule has 2 aliphatic heterocycles. The van der Waals surface area contributed by atoms with Gasteiger partial charge in [0, 0.05) is 6.61 Å². The third-order valence-corrected chi connectivity index (χ3v) is 4.61. The van der Waals surface area contributed by atoms with Gasteiger partial charge in [0.25, 0.3) is 5.91 Å². The Labute approximate surface area is 128 Å². The molecule has 0 aromatic heterocycles. The van der Waals surface area contributed by atoms with E-state index >= 15 is 0 Å². The van der Waals surface area contributed by atoms with E-state index in [1.807, 2.05) is 0 Å². The minimum absolute atomic E-state index is 0.122. The van der Waals surface area contributed by atoms with Gasteiger partial charge in [-0.3, -0.25) is 4.79 Å². The molecule has 0 bridgehead atoms. The van der Waals surface area contributed by atoms with E-state index in [9.17, 15) is 14.3 Å². The number of hydrogen-bond donors (Lipinski definition) is 3. The molecule has 2 aliphatic rings. The first-order valence-corrected chi connectivity index (χ1v) is 7.75. The largest absolute Gasteiger partial charge is 0.508 e. The number of benzene rings is 1. The van der Waals surface area contributed by atoms with Crippen molar-refractivity contribution in [2.75, 3.05) is 19.7 Å². The van der Waals surface area contributed by atoms with Gasteiger partial charge in [-0.15, -0.1) is 0 Å². The number of phenolic OH excluding ortho intramolecular Hbond substituents is 1. The number of aromatic hydroxyl groups is 1. The van der Waals surface area contributed by atoms with Crippen molar-refractivity contribution < 1.29 is 19.0 Å². The minimum Gasteiger partial charge on any atom is -0.508 e. The molecule has 0 aliphatic carbocycles. The number of hydrogen-bond acceptors (Lipinski definition) is 4. The molecule has 22 heavy (non-hydrogen) atoms. The molecular weight excluding hydrogens is 287 g/mol. The van der Waals surface area contributed by atoms with Crippen LogP contribution in [0.25, 0.3) is 0 Å². The zero-order valence-electron chi connectivity index (χ0n) is 12.4. The van der Waals surface area contributed by atoms with E-state index < -0.39 is 11.7 Å². The van der Waals surface area contributed by atoms with E-state index in [1.54, 1.807) is 0 Å². The number of phenols is 1. The molecule has 2 fully saturated rings. The standard InChI is InChI=1S/C16H21FN2O3/c17-13-4-3-11(20)10-12(13)15(21)19-14-2-1-9-22-16(14)5-7-18-8-6-16/h3-4,10,14,18,20H,1-2,5-9H2,(H,19,21). The van der Waals surface area contributed by atoms with Crippen molar-refractivity contribution >= 4 is 5.91 Å². The topological polar surface area (TPSA) is 70.6 Å². The Bertz CT molecular complexity index is 550. The van der Waals surface area contributed by atoms with Gasteiger partial charge in [0.1, 0.15) is 11.6 Å². The molecule has 2 heterocycles. The fourth-order valence-electron chi connectivity index (χ4n) is 3.40. The van der Waals surface area contributed by atoms with Crippen LogP contribution in [0, 0.1) is 5.82 Å². The highest BCUT2D eigenvalue weighted by Gasteiger charge is 2.43. The van der Waals surface area contributed by atoms with E-state index in [-0.39, 0.29) is 23.0 Å². The van der Waals surface area contributed by atoms with Crippen LogP contribution in [0.2, 0.25) is 0 Å². The van der Waals surface area contributed by atoms with Crippen LogP contribution in [0.3, 0.4) is 0 Å². The number of nitrogens with one attached hydrogen (secondary N) is 2. The van der Waals surface area contributed by atoms with E-state index in [1.165, 1.54) is 6.07 Å². The summed E-state index contributed by atoms with van der Waals surface area (Å²) in [6.07, 6.45) is 3.37. The van der Waals surface area contributed by atoms with E-state index in [2.05, 4.69) is 10.6 Å². The quantitative estimate of drug-likeness (QED) is 0.775. The van der Waals surface area contributed by atoms with Crippen molar-refractivity contribution in [3.63, 3.8) is 0 Å². The van der Waals surface area contributed by atoms with E-state index in [4.69, 9.17) is 4.74 Å². The molecule has 5 nitrogen and oxygen atoms in total. The maximum absolute atomic E-state index is 13.8. The van der Waals surface area contributed by atoms with Crippen LogP contribution in [-0.2, 0) is 4.74 Å². The van der Waals surface area contributed by atoms with Crippen molar-refractivity contribution in [1.82, 2.24) is 10.6 Å². The molecule has 1 atom stereocenters. The molecule has 3 N–H and O–H groups in total. The zero-order chi connectivity index (χ0) is 15.6. The van der Waals surface area contributed by atoms with Crippen molar-refractivity contribution in [2.24, 2.45) is 0 Å². The van der Waals surface area contributed by atoms with Gasteiger partial charge < -0.3 is 20.5 Å². The van der Waals surface area contributed by atoms with Crippen molar-refractivity contribution in [3.8, 4) is 5.75 Å². The molecule has 1 spiro atoms. The number of carbonyl (C=O) groups excluding carboxylic acids is 1. The third kappa shape index (κ3) is 2.94. The summed E-state index contributed by atoms with van der Waals surface area (Å²) in [6, 6.07) is 3.35. The summed E-state index contributed by atoms with van der Waals surface area (Å²) in [5, 5.41) is 15.7. The lowest BCUT2D eigenvalue weighted by Gasteiger charge is -2.46. The van der Waals surface area contributed by atoms with Gasteiger partial charge in [-0.2, -0.15) is 0 Å². The molecule has 0 saturated carbocycles. The number of amides is 1. The van der Waals surface area contributed by atoms with Crippen LogP contribution >= 0.6 is 0 Å². The molecule has 0 radical (unpaired) electrons. The van der Waals surface area contributed by atoms with Crippen molar-refractivity contribution in [3.05, 3.63) is 29.6 Å². The summed E-state index contributed by atoms with van der Waals surface area (Å²) >= 11 is 0. The fraction of sp³-hybridized carbons (Fsp3) is 0.562. The van der Waals surface area contributed by atoms with Crippen LogP contribution < -0.4 is 10.6 Å². The molecule has 1 amide bonds. The predicted molar refractivity (Wildman–Crippen MR) is 79.3 cm³/mol. The lowest BCUT2D eigenvalue weighted by molar-refractivity contribution is -0.114. The lowest BCUT2D eigenvalue weighted by atomic mass is 9.80. The van der Waals surface area contributed by atoms with Crippen LogP contribution in [0.4, 0.5) is 4.39 Å². The van der Waals surface area contributed by atoms with Crippen molar-refractivity contribution in [2.45, 2.75) is 37.3 Å². The highest BCUT2D eigenvalue weighted by Crippen LogP contribution is 2.33. The molecule has 1 unspecified atom stereocenters. The van der Waals surface area contributed by atoms with Gasteiger partial charge in [0.2, 0.25) is 0 Å². The average Bonchev–Trinajstić information content (AvgIpc) is 2.53. The van der Waals surface area contributed by atoms with Crippen LogP contribution in [0.5, 0.6) is 5.75 Å². The van der Waals surface area contributed by atoms with Crippen LogP contribution in [-0.4, -0.2) is 42.4 Å². The first-order valence-electron chi connectivity index (χ1n) is 7.75. The van der Waals surface area contributed by atoms with Gasteiger partial charge in [-0.1, -0.05) is 0 Å².